The Balaban J connectivity index is 1.47. The summed E-state index contributed by atoms with van der Waals surface area (Å²) in [5.74, 6) is 0.269. The van der Waals surface area contributed by atoms with Gasteiger partial charge in [-0.3, -0.25) is 14.3 Å². The number of carbonyl (C=O) groups excluding carboxylic acids is 2. The summed E-state index contributed by atoms with van der Waals surface area (Å²) in [5.41, 5.74) is 2.42. The van der Waals surface area contributed by atoms with Crippen molar-refractivity contribution in [3.63, 3.8) is 0 Å². The van der Waals surface area contributed by atoms with Crippen LogP contribution in [-0.2, 0) is 11.3 Å². The molecule has 3 heterocycles. The molecule has 3 aromatic rings. The van der Waals surface area contributed by atoms with Crippen molar-refractivity contribution >= 4 is 58.1 Å². The number of aryl methyl sites for hydroxylation is 1. The third-order valence-corrected chi connectivity index (χ3v) is 6.88. The first kappa shape index (κ1) is 25.3. The molecule has 1 aromatic carbocycles. The Morgan fingerprint density at radius 2 is 1.83 bits per heavy atom. The second-order valence-electron chi connectivity index (χ2n) is 8.35. The largest absolute Gasteiger partial charge is 0.353 e. The fourth-order valence-electron chi connectivity index (χ4n) is 4.04. The highest BCUT2D eigenvalue weighted by Crippen LogP contribution is 2.28. The van der Waals surface area contributed by atoms with Crippen LogP contribution in [-0.4, -0.2) is 57.7 Å². The quantitative estimate of drug-likeness (QED) is 0.505. The Labute approximate surface area is 218 Å². The van der Waals surface area contributed by atoms with E-state index >= 15 is 0 Å². The highest BCUT2D eigenvalue weighted by molar-refractivity contribution is 6.32. The Morgan fingerprint density at radius 1 is 1.03 bits per heavy atom. The molecule has 1 aliphatic rings. The van der Waals surface area contributed by atoms with Crippen LogP contribution in [0.5, 0.6) is 0 Å². The molecule has 1 saturated heterocycles. The van der Waals surface area contributed by atoms with Crippen molar-refractivity contribution in [2.75, 3.05) is 36.4 Å². The number of anilines is 2. The van der Waals surface area contributed by atoms with E-state index in [-0.39, 0.29) is 18.4 Å². The van der Waals surface area contributed by atoms with Crippen LogP contribution in [0.1, 0.15) is 28.2 Å². The van der Waals surface area contributed by atoms with E-state index in [0.29, 0.717) is 64.0 Å². The van der Waals surface area contributed by atoms with E-state index in [2.05, 4.69) is 20.3 Å². The Hall–Kier alpha value is -2.81. The third kappa shape index (κ3) is 5.89. The van der Waals surface area contributed by atoms with Gasteiger partial charge in [0.05, 0.1) is 27.1 Å². The second-order valence-corrected chi connectivity index (χ2v) is 9.60. The van der Waals surface area contributed by atoms with Crippen molar-refractivity contribution < 1.29 is 9.59 Å². The summed E-state index contributed by atoms with van der Waals surface area (Å²) in [6, 6.07) is 8.38. The average Bonchev–Trinajstić information content (AvgIpc) is 3.00. The lowest BCUT2D eigenvalue weighted by molar-refractivity contribution is -0.131. The zero-order valence-electron chi connectivity index (χ0n) is 19.4. The number of pyridine rings is 1. The minimum absolute atomic E-state index is 0.0207. The van der Waals surface area contributed by atoms with Gasteiger partial charge in [0.1, 0.15) is 6.54 Å². The summed E-state index contributed by atoms with van der Waals surface area (Å²) in [6.45, 7) is 6.16. The maximum atomic E-state index is 13.0. The van der Waals surface area contributed by atoms with Crippen molar-refractivity contribution in [2.45, 2.75) is 26.8 Å². The van der Waals surface area contributed by atoms with E-state index in [4.69, 9.17) is 34.8 Å². The predicted octanol–water partition coefficient (Wildman–Crippen LogP) is 4.85. The van der Waals surface area contributed by atoms with Crippen LogP contribution in [0, 0.1) is 13.8 Å². The molecule has 0 unspecified atom stereocenters. The van der Waals surface area contributed by atoms with Crippen molar-refractivity contribution in [2.24, 2.45) is 0 Å². The summed E-state index contributed by atoms with van der Waals surface area (Å²) in [5, 5.41) is 8.73. The minimum Gasteiger partial charge on any atom is -0.353 e. The number of hydrogen-bond donors (Lipinski definition) is 1. The Bertz CT molecular complexity index is 1260. The molecule has 0 radical (unpaired) electrons. The molecular formula is C24H25Cl3N6O2. The monoisotopic (exact) mass is 534 g/mol. The van der Waals surface area contributed by atoms with Gasteiger partial charge in [-0.1, -0.05) is 40.9 Å². The van der Waals surface area contributed by atoms with Crippen molar-refractivity contribution in [1.82, 2.24) is 19.7 Å². The van der Waals surface area contributed by atoms with Gasteiger partial charge in [-0.05, 0) is 44.5 Å². The molecule has 1 aliphatic heterocycles. The van der Waals surface area contributed by atoms with Gasteiger partial charge in [0, 0.05) is 43.0 Å². The van der Waals surface area contributed by atoms with Gasteiger partial charge in [-0.2, -0.15) is 5.10 Å². The molecule has 4 rings (SSSR count). The van der Waals surface area contributed by atoms with E-state index in [0.717, 1.165) is 12.1 Å². The van der Waals surface area contributed by atoms with E-state index < -0.39 is 0 Å². The molecule has 0 bridgehead atoms. The maximum Gasteiger partial charge on any atom is 0.255 e. The molecule has 1 N–H and O–H groups in total. The number of halogens is 3. The minimum atomic E-state index is -0.312. The lowest BCUT2D eigenvalue weighted by Gasteiger charge is -2.25. The molecule has 2 aromatic heterocycles. The number of amides is 2. The highest BCUT2D eigenvalue weighted by atomic mass is 35.5. The van der Waals surface area contributed by atoms with Crippen molar-refractivity contribution in [3.05, 3.63) is 68.5 Å². The number of nitrogens with zero attached hydrogens (tertiary/aromatic N) is 5. The van der Waals surface area contributed by atoms with Gasteiger partial charge < -0.3 is 15.1 Å². The first-order valence-corrected chi connectivity index (χ1v) is 12.3. The van der Waals surface area contributed by atoms with Gasteiger partial charge in [0.2, 0.25) is 5.91 Å². The van der Waals surface area contributed by atoms with E-state index in [1.807, 2.05) is 18.7 Å². The lowest BCUT2D eigenvalue weighted by Crippen LogP contribution is -2.37. The SMILES string of the molecule is Cc1nn(CC(=O)N2CCCN(c3ncc(Cl)cc3NC(=O)c3cccc(Cl)c3)CC2)c(C)c1Cl. The number of carbonyl (C=O) groups is 2. The zero-order chi connectivity index (χ0) is 25.1. The van der Waals surface area contributed by atoms with Gasteiger partial charge in [-0.15, -0.1) is 0 Å². The Morgan fingerprint density at radius 3 is 2.54 bits per heavy atom. The highest BCUT2D eigenvalue weighted by Gasteiger charge is 2.24. The molecule has 184 valence electrons. The first-order valence-electron chi connectivity index (χ1n) is 11.2. The van der Waals surface area contributed by atoms with Crippen molar-refractivity contribution in [1.29, 1.82) is 0 Å². The number of hydrogen-bond acceptors (Lipinski definition) is 5. The zero-order valence-corrected chi connectivity index (χ0v) is 21.7. The van der Waals surface area contributed by atoms with Gasteiger partial charge in [0.15, 0.2) is 5.82 Å². The summed E-state index contributed by atoms with van der Waals surface area (Å²) in [6.07, 6.45) is 2.29. The molecule has 35 heavy (non-hydrogen) atoms. The van der Waals surface area contributed by atoms with Crippen LogP contribution in [0.2, 0.25) is 15.1 Å². The molecule has 0 aliphatic carbocycles. The molecule has 0 atom stereocenters. The summed E-state index contributed by atoms with van der Waals surface area (Å²) in [4.78, 5) is 34.2. The van der Waals surface area contributed by atoms with Crippen LogP contribution in [0.25, 0.3) is 0 Å². The van der Waals surface area contributed by atoms with Crippen LogP contribution in [0.3, 0.4) is 0 Å². The van der Waals surface area contributed by atoms with Gasteiger partial charge >= 0.3 is 0 Å². The van der Waals surface area contributed by atoms with Crippen LogP contribution >= 0.6 is 34.8 Å². The second kappa shape index (κ2) is 10.8. The summed E-state index contributed by atoms with van der Waals surface area (Å²) < 4.78 is 1.65. The molecule has 0 saturated carbocycles. The molecule has 2 amide bonds. The molecule has 11 heteroatoms. The lowest BCUT2D eigenvalue weighted by atomic mass is 10.2. The third-order valence-electron chi connectivity index (χ3n) is 5.89. The normalized spacial score (nSPS) is 14.1. The van der Waals surface area contributed by atoms with E-state index in [9.17, 15) is 9.59 Å². The van der Waals surface area contributed by atoms with E-state index in [1.165, 1.54) is 0 Å². The number of rotatable bonds is 5. The number of nitrogens with one attached hydrogen (secondary N) is 1. The predicted molar refractivity (Wildman–Crippen MR) is 139 cm³/mol. The average molecular weight is 536 g/mol. The van der Waals surface area contributed by atoms with Crippen molar-refractivity contribution in [3.8, 4) is 0 Å². The fourth-order valence-corrected chi connectivity index (χ4v) is 4.52. The topological polar surface area (TPSA) is 83.4 Å². The molecule has 1 fully saturated rings. The van der Waals surface area contributed by atoms with Crippen LogP contribution in [0.15, 0.2) is 36.5 Å². The van der Waals surface area contributed by atoms with Crippen LogP contribution < -0.4 is 10.2 Å². The molecular weight excluding hydrogens is 511 g/mol. The summed E-state index contributed by atoms with van der Waals surface area (Å²) >= 11 is 18.4. The van der Waals surface area contributed by atoms with Crippen LogP contribution in [0.4, 0.5) is 11.5 Å². The number of aromatic nitrogens is 3. The van der Waals surface area contributed by atoms with Gasteiger partial charge in [0.25, 0.3) is 5.91 Å². The fraction of sp³-hybridized carbons (Fsp3) is 0.333. The Kier molecular flexibility index (Phi) is 7.84. The standard InChI is InChI=1S/C24H25Cl3N6O2/c1-15-22(27)16(2)33(30-15)14-21(34)31-7-4-8-32(10-9-31)23-20(12-19(26)13-28-23)29-24(35)17-5-3-6-18(25)11-17/h3,5-6,11-13H,4,7-10,14H2,1-2H3,(H,29,35). The molecule has 0 spiro atoms. The molecule has 8 nitrogen and oxygen atoms in total. The smallest absolute Gasteiger partial charge is 0.255 e. The first-order chi connectivity index (χ1) is 16.7. The maximum absolute atomic E-state index is 13.0. The number of benzene rings is 1. The summed E-state index contributed by atoms with van der Waals surface area (Å²) in [7, 11) is 0. The van der Waals surface area contributed by atoms with E-state index in [1.54, 1.807) is 41.2 Å². The van der Waals surface area contributed by atoms with Gasteiger partial charge in [-0.25, -0.2) is 4.98 Å².